The molecule has 0 aromatic heterocycles. The SMILES string of the molecule is C[C@H]1CC(=O)[C@H]2CCCC[C@@H]2S1. The molecule has 1 heterocycles. The van der Waals surface area contributed by atoms with E-state index in [1.54, 1.807) is 0 Å². The van der Waals surface area contributed by atoms with Gasteiger partial charge in [-0.25, -0.2) is 0 Å². The van der Waals surface area contributed by atoms with Crippen LogP contribution in [-0.4, -0.2) is 16.3 Å². The number of fused-ring (bicyclic) bond motifs is 1. The molecule has 0 amide bonds. The van der Waals surface area contributed by atoms with Crippen molar-refractivity contribution < 1.29 is 4.79 Å². The van der Waals surface area contributed by atoms with Crippen molar-refractivity contribution in [3.05, 3.63) is 0 Å². The topological polar surface area (TPSA) is 17.1 Å². The van der Waals surface area contributed by atoms with Gasteiger partial charge in [0.2, 0.25) is 0 Å². The lowest BCUT2D eigenvalue weighted by Gasteiger charge is -2.36. The molecule has 68 valence electrons. The minimum Gasteiger partial charge on any atom is -0.299 e. The molecule has 1 nitrogen and oxygen atoms in total. The third-order valence-electron chi connectivity index (χ3n) is 3.01. The Kier molecular flexibility index (Phi) is 2.44. The van der Waals surface area contributed by atoms with Crippen molar-refractivity contribution in [3.8, 4) is 0 Å². The van der Waals surface area contributed by atoms with Gasteiger partial charge in [-0.2, -0.15) is 11.8 Å². The normalized spacial score (nSPS) is 42.4. The maximum absolute atomic E-state index is 11.6. The molecule has 0 spiro atoms. The van der Waals surface area contributed by atoms with E-state index in [2.05, 4.69) is 18.7 Å². The Balaban J connectivity index is 2.06. The number of rotatable bonds is 0. The summed E-state index contributed by atoms with van der Waals surface area (Å²) in [5, 5.41) is 1.26. The standard InChI is InChI=1S/C10H16OS/c1-7-6-9(11)8-4-2-3-5-10(8)12-7/h7-8,10H,2-6H2,1H3/t7-,8+,10-/m0/s1. The highest BCUT2D eigenvalue weighted by atomic mass is 32.2. The second-order valence-corrected chi connectivity index (χ2v) is 5.73. The van der Waals surface area contributed by atoms with Gasteiger partial charge in [-0.15, -0.1) is 0 Å². The molecule has 2 aliphatic rings. The summed E-state index contributed by atoms with van der Waals surface area (Å²) in [5.74, 6) is 0.978. The van der Waals surface area contributed by atoms with Crippen LogP contribution < -0.4 is 0 Å². The van der Waals surface area contributed by atoms with Crippen molar-refractivity contribution in [1.29, 1.82) is 0 Å². The van der Waals surface area contributed by atoms with Crippen molar-refractivity contribution in [2.75, 3.05) is 0 Å². The van der Waals surface area contributed by atoms with E-state index in [1.807, 2.05) is 0 Å². The Labute approximate surface area is 78.3 Å². The van der Waals surface area contributed by atoms with E-state index in [-0.39, 0.29) is 0 Å². The van der Waals surface area contributed by atoms with Crippen LogP contribution in [-0.2, 0) is 4.79 Å². The van der Waals surface area contributed by atoms with Crippen LogP contribution in [0.1, 0.15) is 39.0 Å². The van der Waals surface area contributed by atoms with Crippen LogP contribution in [0.5, 0.6) is 0 Å². The summed E-state index contributed by atoms with van der Waals surface area (Å²) in [6.07, 6.45) is 5.90. The largest absolute Gasteiger partial charge is 0.299 e. The van der Waals surface area contributed by atoms with Crippen LogP contribution >= 0.6 is 11.8 Å². The average Bonchev–Trinajstić information content (AvgIpc) is 2.04. The van der Waals surface area contributed by atoms with E-state index >= 15 is 0 Å². The molecule has 3 atom stereocenters. The number of hydrogen-bond donors (Lipinski definition) is 0. The summed E-state index contributed by atoms with van der Waals surface area (Å²) in [6.45, 7) is 2.19. The van der Waals surface area contributed by atoms with E-state index in [0.717, 1.165) is 6.42 Å². The molecule has 12 heavy (non-hydrogen) atoms. The van der Waals surface area contributed by atoms with Gasteiger partial charge in [0.15, 0.2) is 0 Å². The van der Waals surface area contributed by atoms with Crippen LogP contribution in [0.4, 0.5) is 0 Å². The van der Waals surface area contributed by atoms with Gasteiger partial charge in [0.05, 0.1) is 0 Å². The third-order valence-corrected chi connectivity index (χ3v) is 4.56. The van der Waals surface area contributed by atoms with Crippen molar-refractivity contribution in [2.45, 2.75) is 49.5 Å². The zero-order valence-electron chi connectivity index (χ0n) is 7.58. The summed E-state index contributed by atoms with van der Waals surface area (Å²) >= 11 is 2.05. The lowest BCUT2D eigenvalue weighted by atomic mass is 9.84. The molecule has 2 rings (SSSR count). The van der Waals surface area contributed by atoms with Crippen molar-refractivity contribution >= 4 is 17.5 Å². The van der Waals surface area contributed by atoms with Crippen LogP contribution in [0.15, 0.2) is 0 Å². The van der Waals surface area contributed by atoms with Gasteiger partial charge in [-0.05, 0) is 12.8 Å². The first-order valence-electron chi connectivity index (χ1n) is 4.95. The number of Topliss-reactive ketones (excluding diaryl/α,β-unsaturated/α-hetero) is 1. The fourth-order valence-electron chi connectivity index (χ4n) is 2.41. The summed E-state index contributed by atoms with van der Waals surface area (Å²) in [4.78, 5) is 11.6. The van der Waals surface area contributed by atoms with Gasteiger partial charge < -0.3 is 0 Å². The Morgan fingerprint density at radius 3 is 2.92 bits per heavy atom. The zero-order valence-corrected chi connectivity index (χ0v) is 8.40. The molecule has 0 N–H and O–H groups in total. The molecule has 2 heteroatoms. The first kappa shape index (κ1) is 8.61. The number of hydrogen-bond acceptors (Lipinski definition) is 2. The number of carbonyl (C=O) groups is 1. The predicted molar refractivity (Wildman–Crippen MR) is 52.4 cm³/mol. The second-order valence-electron chi connectivity index (χ2n) is 4.05. The first-order chi connectivity index (χ1) is 5.77. The average molecular weight is 184 g/mol. The summed E-state index contributed by atoms with van der Waals surface area (Å²) in [7, 11) is 0. The Hall–Kier alpha value is 0.0200. The molecule has 1 saturated carbocycles. The second kappa shape index (κ2) is 3.41. The molecule has 1 aliphatic heterocycles. The summed E-state index contributed by atoms with van der Waals surface area (Å²) in [6, 6.07) is 0. The van der Waals surface area contributed by atoms with Gasteiger partial charge >= 0.3 is 0 Å². The summed E-state index contributed by atoms with van der Waals surface area (Å²) < 4.78 is 0. The molecule has 1 aliphatic carbocycles. The van der Waals surface area contributed by atoms with E-state index in [4.69, 9.17) is 0 Å². The Bertz CT molecular complexity index is 190. The van der Waals surface area contributed by atoms with Gasteiger partial charge in [-0.1, -0.05) is 19.8 Å². The number of thioether (sulfide) groups is 1. The molecule has 0 unspecified atom stereocenters. The first-order valence-corrected chi connectivity index (χ1v) is 5.90. The van der Waals surface area contributed by atoms with Gasteiger partial charge in [0.1, 0.15) is 5.78 Å². The van der Waals surface area contributed by atoms with Crippen LogP contribution in [0.25, 0.3) is 0 Å². The minimum absolute atomic E-state index is 0.431. The molecule has 1 saturated heterocycles. The van der Waals surface area contributed by atoms with Crippen LogP contribution in [0.3, 0.4) is 0 Å². The lowest BCUT2D eigenvalue weighted by Crippen LogP contribution is -2.36. The van der Waals surface area contributed by atoms with Crippen LogP contribution in [0.2, 0.25) is 0 Å². The maximum Gasteiger partial charge on any atom is 0.138 e. The molecule has 2 fully saturated rings. The Morgan fingerprint density at radius 2 is 2.08 bits per heavy atom. The lowest BCUT2D eigenvalue weighted by molar-refractivity contribution is -0.123. The number of carbonyl (C=O) groups excluding carboxylic acids is 1. The predicted octanol–water partition coefficient (Wildman–Crippen LogP) is 2.64. The van der Waals surface area contributed by atoms with Crippen LogP contribution in [0, 0.1) is 5.92 Å². The zero-order chi connectivity index (χ0) is 8.55. The monoisotopic (exact) mass is 184 g/mol. The van der Waals surface area contributed by atoms with Crippen molar-refractivity contribution in [3.63, 3.8) is 0 Å². The highest BCUT2D eigenvalue weighted by Crippen LogP contribution is 2.41. The van der Waals surface area contributed by atoms with Crippen molar-refractivity contribution in [1.82, 2.24) is 0 Å². The molecule has 0 radical (unpaired) electrons. The van der Waals surface area contributed by atoms with E-state index in [1.165, 1.54) is 25.7 Å². The maximum atomic E-state index is 11.6. The van der Waals surface area contributed by atoms with E-state index < -0.39 is 0 Å². The van der Waals surface area contributed by atoms with Gasteiger partial charge in [0, 0.05) is 22.8 Å². The molecular formula is C10H16OS. The molecule has 0 bridgehead atoms. The highest BCUT2D eigenvalue weighted by Gasteiger charge is 2.36. The number of ketones is 1. The summed E-state index contributed by atoms with van der Waals surface area (Å²) in [5.41, 5.74) is 0. The third kappa shape index (κ3) is 1.54. The Morgan fingerprint density at radius 1 is 1.33 bits per heavy atom. The van der Waals surface area contributed by atoms with E-state index in [0.29, 0.717) is 22.2 Å². The minimum atomic E-state index is 0.431. The smallest absolute Gasteiger partial charge is 0.138 e. The molecule has 0 aromatic rings. The van der Waals surface area contributed by atoms with E-state index in [9.17, 15) is 4.79 Å². The fourth-order valence-corrected chi connectivity index (χ4v) is 4.05. The highest BCUT2D eigenvalue weighted by molar-refractivity contribution is 8.00. The van der Waals surface area contributed by atoms with Gasteiger partial charge in [-0.3, -0.25) is 4.79 Å². The molecule has 0 aromatic carbocycles. The quantitative estimate of drug-likeness (QED) is 0.575. The fraction of sp³-hybridized carbons (Fsp3) is 0.900. The van der Waals surface area contributed by atoms with Gasteiger partial charge in [0.25, 0.3) is 0 Å². The van der Waals surface area contributed by atoms with Crippen molar-refractivity contribution in [2.24, 2.45) is 5.92 Å². The molecular weight excluding hydrogens is 168 g/mol.